The van der Waals surface area contributed by atoms with E-state index in [1.165, 1.54) is 0 Å². The molecule has 3 aromatic carbocycles. The standard InChI is InChI=1S/C32H34ClN3O6/c33-24-5-7-30(23(15-24)19-37)41-20-21-2-1-3-26(14-21)42-25-8-11-35(12-9-25)18-31-34-28-6-4-22(32(38)39)16-29(28)36(31)17-27-10-13-40-27/h1-7,14-16,25,27,37H,8-13,17-20H2,(H,38,39). The number of benzene rings is 3. The third-order valence-electron chi connectivity index (χ3n) is 7.94. The number of aromatic nitrogens is 2. The molecule has 0 bridgehead atoms. The molecule has 0 amide bonds. The minimum absolute atomic E-state index is 0.106. The van der Waals surface area contributed by atoms with E-state index in [-0.39, 0.29) is 24.4 Å². The van der Waals surface area contributed by atoms with Gasteiger partial charge in [-0.2, -0.15) is 0 Å². The van der Waals surface area contributed by atoms with Gasteiger partial charge in [0, 0.05) is 30.3 Å². The van der Waals surface area contributed by atoms with Gasteiger partial charge < -0.3 is 29.0 Å². The fourth-order valence-corrected chi connectivity index (χ4v) is 5.72. The molecule has 1 atom stereocenters. The van der Waals surface area contributed by atoms with Gasteiger partial charge in [0.2, 0.25) is 0 Å². The first-order valence-electron chi connectivity index (χ1n) is 14.3. The molecule has 220 valence electrons. The van der Waals surface area contributed by atoms with Crippen molar-refractivity contribution in [1.82, 2.24) is 14.5 Å². The van der Waals surface area contributed by atoms with Crippen LogP contribution in [0.3, 0.4) is 0 Å². The molecule has 2 saturated heterocycles. The number of hydrogen-bond acceptors (Lipinski definition) is 7. The molecule has 2 aliphatic heterocycles. The van der Waals surface area contributed by atoms with Crippen molar-refractivity contribution in [3.8, 4) is 11.5 Å². The number of likely N-dealkylation sites (tertiary alicyclic amines) is 1. The molecule has 9 nitrogen and oxygen atoms in total. The number of nitrogens with zero attached hydrogens (tertiary/aromatic N) is 3. The zero-order chi connectivity index (χ0) is 29.1. The van der Waals surface area contributed by atoms with E-state index in [1.54, 1.807) is 36.4 Å². The zero-order valence-corrected chi connectivity index (χ0v) is 24.0. The number of aliphatic hydroxyl groups is 1. The van der Waals surface area contributed by atoms with Crippen molar-refractivity contribution in [3.05, 3.63) is 88.2 Å². The second kappa shape index (κ2) is 12.7. The van der Waals surface area contributed by atoms with E-state index in [1.807, 2.05) is 24.3 Å². The lowest BCUT2D eigenvalue weighted by molar-refractivity contribution is -0.0592. The van der Waals surface area contributed by atoms with Crippen LogP contribution in [0.25, 0.3) is 11.0 Å². The van der Waals surface area contributed by atoms with Crippen molar-refractivity contribution in [3.63, 3.8) is 0 Å². The predicted octanol–water partition coefficient (Wildman–Crippen LogP) is 5.29. The third-order valence-corrected chi connectivity index (χ3v) is 8.18. The number of fused-ring (bicyclic) bond motifs is 1. The number of piperidine rings is 1. The first-order valence-corrected chi connectivity index (χ1v) is 14.7. The largest absolute Gasteiger partial charge is 0.490 e. The Hall–Kier alpha value is -3.63. The molecule has 42 heavy (non-hydrogen) atoms. The van der Waals surface area contributed by atoms with Crippen LogP contribution in [-0.4, -0.2) is 62.5 Å². The maximum atomic E-state index is 11.6. The van der Waals surface area contributed by atoms with Gasteiger partial charge in [-0.05, 0) is 73.4 Å². The minimum Gasteiger partial charge on any atom is -0.490 e. The van der Waals surface area contributed by atoms with E-state index >= 15 is 0 Å². The van der Waals surface area contributed by atoms with Crippen molar-refractivity contribution >= 4 is 28.6 Å². The predicted molar refractivity (Wildman–Crippen MR) is 158 cm³/mol. The summed E-state index contributed by atoms with van der Waals surface area (Å²) in [5.41, 5.74) is 3.53. The van der Waals surface area contributed by atoms with Crippen molar-refractivity contribution in [2.75, 3.05) is 19.7 Å². The topological polar surface area (TPSA) is 106 Å². The molecule has 2 fully saturated rings. The highest BCUT2D eigenvalue weighted by molar-refractivity contribution is 6.30. The Balaban J connectivity index is 1.06. The summed E-state index contributed by atoms with van der Waals surface area (Å²) in [5, 5.41) is 19.7. The number of imidazole rings is 1. The summed E-state index contributed by atoms with van der Waals surface area (Å²) in [6.45, 7) is 4.08. The van der Waals surface area contributed by atoms with Gasteiger partial charge in [0.05, 0.1) is 42.4 Å². The molecule has 4 aromatic rings. The van der Waals surface area contributed by atoms with Gasteiger partial charge >= 0.3 is 5.97 Å². The molecule has 2 N–H and O–H groups in total. The summed E-state index contributed by atoms with van der Waals surface area (Å²) in [7, 11) is 0. The van der Waals surface area contributed by atoms with Gasteiger partial charge in [0.25, 0.3) is 0 Å². The maximum absolute atomic E-state index is 11.6. The summed E-state index contributed by atoms with van der Waals surface area (Å²) in [6.07, 6.45) is 3.02. The van der Waals surface area contributed by atoms with Crippen LogP contribution in [0.1, 0.15) is 46.6 Å². The van der Waals surface area contributed by atoms with Gasteiger partial charge in [0.1, 0.15) is 30.0 Å². The molecule has 10 heteroatoms. The van der Waals surface area contributed by atoms with Crippen molar-refractivity contribution in [2.45, 2.75) is 57.8 Å². The van der Waals surface area contributed by atoms with E-state index in [2.05, 4.69) is 9.47 Å². The molecule has 0 aliphatic carbocycles. The SMILES string of the molecule is O=C(O)c1ccc2nc(CN3CCC(Oc4cccc(COc5ccc(Cl)cc5CO)c4)CC3)n(CC3CCO3)c2c1. The summed E-state index contributed by atoms with van der Waals surface area (Å²) >= 11 is 6.03. The molecule has 1 unspecified atom stereocenters. The number of halogens is 1. The Morgan fingerprint density at radius 3 is 2.64 bits per heavy atom. The second-order valence-corrected chi connectivity index (χ2v) is 11.3. The second-order valence-electron chi connectivity index (χ2n) is 10.9. The molecular formula is C32H34ClN3O6. The quantitative estimate of drug-likeness (QED) is 0.242. The molecular weight excluding hydrogens is 558 g/mol. The van der Waals surface area contributed by atoms with Crippen LogP contribution in [0.4, 0.5) is 0 Å². The monoisotopic (exact) mass is 591 g/mol. The number of ether oxygens (including phenoxy) is 3. The van der Waals surface area contributed by atoms with Crippen LogP contribution < -0.4 is 9.47 Å². The zero-order valence-electron chi connectivity index (χ0n) is 23.2. The van der Waals surface area contributed by atoms with Gasteiger partial charge in [-0.1, -0.05) is 23.7 Å². The van der Waals surface area contributed by atoms with Crippen molar-refractivity contribution in [1.29, 1.82) is 0 Å². The maximum Gasteiger partial charge on any atom is 0.335 e. The Labute approximate surface area is 249 Å². The first-order chi connectivity index (χ1) is 20.4. The minimum atomic E-state index is -0.941. The van der Waals surface area contributed by atoms with E-state index in [0.717, 1.165) is 67.1 Å². The Bertz CT molecular complexity index is 1560. The molecule has 0 radical (unpaired) electrons. The lowest BCUT2D eigenvalue weighted by atomic mass is 10.1. The molecule has 0 saturated carbocycles. The normalized spacial score (nSPS) is 17.7. The van der Waals surface area contributed by atoms with Crippen LogP contribution in [0.5, 0.6) is 11.5 Å². The summed E-state index contributed by atoms with van der Waals surface area (Å²) in [4.78, 5) is 18.8. The number of rotatable bonds is 11. The van der Waals surface area contributed by atoms with E-state index in [4.69, 9.17) is 30.8 Å². The Morgan fingerprint density at radius 1 is 1.07 bits per heavy atom. The highest BCUT2D eigenvalue weighted by atomic mass is 35.5. The summed E-state index contributed by atoms with van der Waals surface area (Å²) < 4.78 is 20.1. The van der Waals surface area contributed by atoms with E-state index in [9.17, 15) is 15.0 Å². The fraction of sp³-hybridized carbons (Fsp3) is 0.375. The number of aliphatic hydroxyl groups excluding tert-OH is 1. The Kier molecular flexibility index (Phi) is 8.62. The third kappa shape index (κ3) is 6.55. The summed E-state index contributed by atoms with van der Waals surface area (Å²) in [5.74, 6) is 1.41. The van der Waals surface area contributed by atoms with E-state index < -0.39 is 5.97 Å². The lowest BCUT2D eigenvalue weighted by Gasteiger charge is -2.32. The number of hydrogen-bond donors (Lipinski definition) is 2. The van der Waals surface area contributed by atoms with Crippen LogP contribution >= 0.6 is 11.6 Å². The van der Waals surface area contributed by atoms with Gasteiger partial charge in [0.15, 0.2) is 0 Å². The van der Waals surface area contributed by atoms with Crippen LogP contribution in [-0.2, 0) is 31.0 Å². The smallest absolute Gasteiger partial charge is 0.335 e. The van der Waals surface area contributed by atoms with E-state index in [0.29, 0.717) is 36.0 Å². The number of carbonyl (C=O) groups is 1. The average molecular weight is 592 g/mol. The molecule has 6 rings (SSSR count). The number of carboxylic acids is 1. The summed E-state index contributed by atoms with van der Waals surface area (Å²) in [6, 6.07) is 18.3. The van der Waals surface area contributed by atoms with Crippen molar-refractivity contribution < 1.29 is 29.2 Å². The van der Waals surface area contributed by atoms with Crippen LogP contribution in [0.15, 0.2) is 60.7 Å². The van der Waals surface area contributed by atoms with Crippen LogP contribution in [0.2, 0.25) is 5.02 Å². The Morgan fingerprint density at radius 2 is 1.90 bits per heavy atom. The highest BCUT2D eigenvalue weighted by Gasteiger charge is 2.26. The molecule has 2 aliphatic rings. The van der Waals surface area contributed by atoms with Gasteiger partial charge in [-0.15, -0.1) is 0 Å². The lowest BCUT2D eigenvalue weighted by Crippen LogP contribution is -2.39. The first kappa shape index (κ1) is 28.5. The molecule has 3 heterocycles. The van der Waals surface area contributed by atoms with Crippen molar-refractivity contribution in [2.24, 2.45) is 0 Å². The molecule has 1 aromatic heterocycles. The number of carboxylic acid groups (broad SMARTS) is 1. The van der Waals surface area contributed by atoms with Crippen LogP contribution in [0, 0.1) is 0 Å². The van der Waals surface area contributed by atoms with Gasteiger partial charge in [-0.3, -0.25) is 4.90 Å². The number of aromatic carboxylic acids is 1. The highest BCUT2D eigenvalue weighted by Crippen LogP contribution is 2.27. The molecule has 0 spiro atoms. The van der Waals surface area contributed by atoms with Gasteiger partial charge in [-0.25, -0.2) is 9.78 Å². The average Bonchev–Trinajstić information content (AvgIpc) is 3.31. The fourth-order valence-electron chi connectivity index (χ4n) is 5.52.